The molecule has 0 radical (unpaired) electrons. The van der Waals surface area contributed by atoms with E-state index in [2.05, 4.69) is 4.74 Å². The van der Waals surface area contributed by atoms with E-state index in [-0.39, 0.29) is 6.04 Å². The molecular formula is C5H9NO3. The number of aliphatic hydroxyl groups is 1. The lowest BCUT2D eigenvalue weighted by Gasteiger charge is -2.10. The first-order valence-electron chi connectivity index (χ1n) is 2.74. The van der Waals surface area contributed by atoms with Gasteiger partial charge < -0.3 is 14.7 Å². The Morgan fingerprint density at radius 1 is 1.78 bits per heavy atom. The zero-order chi connectivity index (χ0) is 7.02. The van der Waals surface area contributed by atoms with Crippen molar-refractivity contribution in [1.29, 1.82) is 0 Å². The van der Waals surface area contributed by atoms with Crippen molar-refractivity contribution in [2.24, 2.45) is 0 Å². The molecule has 1 fully saturated rings. The van der Waals surface area contributed by atoms with Crippen LogP contribution in [0, 0.1) is 0 Å². The molecule has 0 aromatic carbocycles. The van der Waals surface area contributed by atoms with Crippen LogP contribution in [0.3, 0.4) is 0 Å². The molecule has 1 aliphatic rings. The number of nitrogens with zero attached hydrogens (tertiary/aromatic N) is 1. The molecule has 0 saturated carbocycles. The summed E-state index contributed by atoms with van der Waals surface area (Å²) in [6.07, 6.45) is -1.42. The summed E-state index contributed by atoms with van der Waals surface area (Å²) >= 11 is 0. The highest BCUT2D eigenvalue weighted by atomic mass is 16.7. The number of ether oxygens (including phenoxy) is 1. The standard InChI is InChI=1S/C5H9NO3/c1-3-4(7)9-5(8)6(3)2/h3-4,7H,1-2H3/t3-,4?/m0/s1. The first-order chi connectivity index (χ1) is 4.13. The van der Waals surface area contributed by atoms with Crippen molar-refractivity contribution in [1.82, 2.24) is 4.90 Å². The molecule has 0 aliphatic carbocycles. The highest BCUT2D eigenvalue weighted by molar-refractivity contribution is 5.69. The fourth-order valence-corrected chi connectivity index (χ4v) is 0.642. The highest BCUT2D eigenvalue weighted by Crippen LogP contribution is 2.13. The molecule has 4 heteroatoms. The largest absolute Gasteiger partial charge is 0.417 e. The Morgan fingerprint density at radius 3 is 2.44 bits per heavy atom. The average molecular weight is 131 g/mol. The fraction of sp³-hybridized carbons (Fsp3) is 0.800. The number of hydrogen-bond acceptors (Lipinski definition) is 3. The van der Waals surface area contributed by atoms with Gasteiger partial charge in [-0.25, -0.2) is 4.79 Å². The van der Waals surface area contributed by atoms with Crippen LogP contribution in [0.15, 0.2) is 0 Å². The van der Waals surface area contributed by atoms with Crippen LogP contribution in [0.1, 0.15) is 6.92 Å². The third-order valence-electron chi connectivity index (χ3n) is 1.53. The van der Waals surface area contributed by atoms with E-state index in [0.717, 1.165) is 0 Å². The Kier molecular flexibility index (Phi) is 1.32. The number of likely N-dealkylation sites (N-methyl/N-ethyl adjacent to an activating group) is 1. The SMILES string of the molecule is C[C@H]1C(O)OC(=O)N1C. The van der Waals surface area contributed by atoms with E-state index in [0.29, 0.717) is 0 Å². The van der Waals surface area contributed by atoms with Gasteiger partial charge in [-0.05, 0) is 6.92 Å². The molecule has 4 nitrogen and oxygen atoms in total. The molecule has 0 aromatic rings. The molecular weight excluding hydrogens is 122 g/mol. The number of cyclic esters (lactones) is 1. The minimum absolute atomic E-state index is 0.225. The van der Waals surface area contributed by atoms with Crippen molar-refractivity contribution in [3.8, 4) is 0 Å². The lowest BCUT2D eigenvalue weighted by Crippen LogP contribution is -2.29. The van der Waals surface area contributed by atoms with Crippen LogP contribution in [0.2, 0.25) is 0 Å². The van der Waals surface area contributed by atoms with Crippen molar-refractivity contribution < 1.29 is 14.6 Å². The maximum atomic E-state index is 10.5. The van der Waals surface area contributed by atoms with E-state index >= 15 is 0 Å². The summed E-state index contributed by atoms with van der Waals surface area (Å²) in [5, 5.41) is 8.85. The van der Waals surface area contributed by atoms with Gasteiger partial charge in [0, 0.05) is 7.05 Å². The number of rotatable bonds is 0. The predicted octanol–water partition coefficient (Wildman–Crippen LogP) is -0.225. The quantitative estimate of drug-likeness (QED) is 0.494. The van der Waals surface area contributed by atoms with Gasteiger partial charge >= 0.3 is 6.09 Å². The summed E-state index contributed by atoms with van der Waals surface area (Å²) in [5.74, 6) is 0. The Hall–Kier alpha value is -0.770. The highest BCUT2D eigenvalue weighted by Gasteiger charge is 2.34. The number of carbonyl (C=O) groups excluding carboxylic acids is 1. The third-order valence-corrected chi connectivity index (χ3v) is 1.53. The topological polar surface area (TPSA) is 49.8 Å². The maximum Gasteiger partial charge on any atom is 0.412 e. The van der Waals surface area contributed by atoms with Crippen LogP contribution in [0.5, 0.6) is 0 Å². The Bertz CT molecular complexity index is 136. The number of hydrogen-bond donors (Lipinski definition) is 1. The molecule has 0 bridgehead atoms. The first-order valence-corrected chi connectivity index (χ1v) is 2.74. The van der Waals surface area contributed by atoms with Crippen molar-refractivity contribution in [2.75, 3.05) is 7.05 Å². The predicted molar refractivity (Wildman–Crippen MR) is 29.7 cm³/mol. The molecule has 0 spiro atoms. The molecule has 1 amide bonds. The van der Waals surface area contributed by atoms with Gasteiger partial charge in [-0.2, -0.15) is 0 Å². The second-order valence-corrected chi connectivity index (χ2v) is 2.13. The van der Waals surface area contributed by atoms with E-state index in [4.69, 9.17) is 5.11 Å². The van der Waals surface area contributed by atoms with Crippen LogP contribution in [0.25, 0.3) is 0 Å². The number of carbonyl (C=O) groups is 1. The molecule has 1 unspecified atom stereocenters. The second kappa shape index (κ2) is 1.88. The van der Waals surface area contributed by atoms with Gasteiger partial charge in [-0.15, -0.1) is 0 Å². The second-order valence-electron chi connectivity index (χ2n) is 2.13. The van der Waals surface area contributed by atoms with Gasteiger partial charge in [0.05, 0.1) is 6.04 Å². The summed E-state index contributed by atoms with van der Waals surface area (Å²) in [5.41, 5.74) is 0. The minimum atomic E-state index is -0.956. The summed E-state index contributed by atoms with van der Waals surface area (Å²) in [6.45, 7) is 1.72. The minimum Gasteiger partial charge on any atom is -0.417 e. The molecule has 9 heavy (non-hydrogen) atoms. The molecule has 52 valence electrons. The van der Waals surface area contributed by atoms with Crippen molar-refractivity contribution >= 4 is 6.09 Å². The maximum absolute atomic E-state index is 10.5. The fourth-order valence-electron chi connectivity index (χ4n) is 0.642. The smallest absolute Gasteiger partial charge is 0.412 e. The van der Waals surface area contributed by atoms with Gasteiger partial charge in [-0.3, -0.25) is 0 Å². The number of amides is 1. The van der Waals surface area contributed by atoms with Gasteiger partial charge in [0.2, 0.25) is 6.29 Å². The zero-order valence-electron chi connectivity index (χ0n) is 5.37. The van der Waals surface area contributed by atoms with Gasteiger partial charge in [0.25, 0.3) is 0 Å². The Morgan fingerprint density at radius 2 is 2.33 bits per heavy atom. The van der Waals surface area contributed by atoms with Crippen LogP contribution < -0.4 is 0 Å². The number of aliphatic hydroxyl groups excluding tert-OH is 1. The molecule has 0 aromatic heterocycles. The lowest BCUT2D eigenvalue weighted by atomic mass is 10.3. The van der Waals surface area contributed by atoms with E-state index in [1.54, 1.807) is 14.0 Å². The summed E-state index contributed by atoms with van der Waals surface area (Å²) in [4.78, 5) is 11.9. The third kappa shape index (κ3) is 0.853. The molecule has 2 atom stereocenters. The van der Waals surface area contributed by atoms with Crippen LogP contribution >= 0.6 is 0 Å². The lowest BCUT2D eigenvalue weighted by molar-refractivity contribution is -0.0339. The molecule has 1 rings (SSSR count). The monoisotopic (exact) mass is 131 g/mol. The Labute approximate surface area is 53.0 Å². The Balaban J connectivity index is 2.65. The van der Waals surface area contributed by atoms with Gasteiger partial charge in [-0.1, -0.05) is 0 Å². The van der Waals surface area contributed by atoms with Gasteiger partial charge in [0.1, 0.15) is 0 Å². The van der Waals surface area contributed by atoms with E-state index in [9.17, 15) is 4.79 Å². The van der Waals surface area contributed by atoms with Crippen LogP contribution in [-0.4, -0.2) is 35.5 Å². The average Bonchev–Trinajstić information content (AvgIpc) is 1.98. The molecule has 1 aliphatic heterocycles. The normalized spacial score (nSPS) is 35.0. The van der Waals surface area contributed by atoms with Crippen LogP contribution in [-0.2, 0) is 4.74 Å². The van der Waals surface area contributed by atoms with Crippen molar-refractivity contribution in [3.05, 3.63) is 0 Å². The van der Waals surface area contributed by atoms with Crippen LogP contribution in [0.4, 0.5) is 4.79 Å². The van der Waals surface area contributed by atoms with E-state index in [1.807, 2.05) is 0 Å². The van der Waals surface area contributed by atoms with Gasteiger partial charge in [0.15, 0.2) is 0 Å². The molecule has 1 N–H and O–H groups in total. The first kappa shape index (κ1) is 6.35. The zero-order valence-corrected chi connectivity index (χ0v) is 5.37. The summed E-state index contributed by atoms with van der Waals surface area (Å²) < 4.78 is 4.43. The summed E-state index contributed by atoms with van der Waals surface area (Å²) in [6, 6.07) is -0.225. The molecule has 1 saturated heterocycles. The van der Waals surface area contributed by atoms with E-state index < -0.39 is 12.4 Å². The van der Waals surface area contributed by atoms with Crippen molar-refractivity contribution in [3.63, 3.8) is 0 Å². The summed E-state index contributed by atoms with van der Waals surface area (Å²) in [7, 11) is 1.59. The van der Waals surface area contributed by atoms with Crippen molar-refractivity contribution in [2.45, 2.75) is 19.3 Å². The molecule has 1 heterocycles. The van der Waals surface area contributed by atoms with E-state index in [1.165, 1.54) is 4.90 Å².